The van der Waals surface area contributed by atoms with Gasteiger partial charge in [0, 0.05) is 19.6 Å². The van der Waals surface area contributed by atoms with Crippen LogP contribution in [0.5, 0.6) is 0 Å². The average Bonchev–Trinajstić information content (AvgIpc) is 2.41. The first kappa shape index (κ1) is 16.8. The summed E-state index contributed by atoms with van der Waals surface area (Å²) in [7, 11) is -3.28. The molecule has 0 heterocycles. The summed E-state index contributed by atoms with van der Waals surface area (Å²) in [6.45, 7) is 4.71. The van der Waals surface area contributed by atoms with Crippen LogP contribution in [0.2, 0.25) is 5.02 Å². The highest BCUT2D eigenvalue weighted by Crippen LogP contribution is 2.25. The van der Waals surface area contributed by atoms with Crippen LogP contribution in [0.3, 0.4) is 0 Å². The van der Waals surface area contributed by atoms with Gasteiger partial charge in [-0.05, 0) is 12.1 Å². The second-order valence-corrected chi connectivity index (χ2v) is 6.60. The number of nitrogens with one attached hydrogen (secondary N) is 1. The van der Waals surface area contributed by atoms with Crippen LogP contribution in [-0.4, -0.2) is 38.1 Å². The first-order valence-corrected chi connectivity index (χ1v) is 8.35. The van der Waals surface area contributed by atoms with E-state index in [1.165, 1.54) is 4.31 Å². The lowest BCUT2D eigenvalue weighted by molar-refractivity contribution is 0.446. The van der Waals surface area contributed by atoms with Gasteiger partial charge in [-0.2, -0.15) is 5.26 Å². The molecule has 0 saturated heterocycles. The van der Waals surface area contributed by atoms with Crippen molar-refractivity contribution in [2.24, 2.45) is 0 Å². The number of rotatable bonds is 7. The van der Waals surface area contributed by atoms with Gasteiger partial charge in [0.15, 0.2) is 0 Å². The number of nitriles is 1. The fourth-order valence-electron chi connectivity index (χ4n) is 1.85. The van der Waals surface area contributed by atoms with E-state index in [1.807, 2.05) is 6.07 Å². The Morgan fingerprint density at radius 1 is 1.35 bits per heavy atom. The molecule has 0 bridgehead atoms. The summed E-state index contributed by atoms with van der Waals surface area (Å²) in [5.41, 5.74) is 0.879. The summed E-state index contributed by atoms with van der Waals surface area (Å²) in [6.07, 6.45) is 0. The smallest absolute Gasteiger partial charge is 0.215 e. The van der Waals surface area contributed by atoms with E-state index in [0.29, 0.717) is 29.4 Å². The third-order valence-electron chi connectivity index (χ3n) is 2.89. The molecule has 0 aliphatic rings. The Bertz CT molecular complexity index is 592. The molecule has 0 fully saturated rings. The molecule has 7 heteroatoms. The first-order valence-electron chi connectivity index (χ1n) is 6.36. The monoisotopic (exact) mass is 315 g/mol. The van der Waals surface area contributed by atoms with Gasteiger partial charge in [-0.3, -0.25) is 0 Å². The molecule has 1 rings (SSSR count). The van der Waals surface area contributed by atoms with Crippen LogP contribution in [0, 0.1) is 11.3 Å². The van der Waals surface area contributed by atoms with Crippen molar-refractivity contribution in [3.63, 3.8) is 0 Å². The zero-order valence-electron chi connectivity index (χ0n) is 11.6. The Morgan fingerprint density at radius 2 is 2.00 bits per heavy atom. The lowest BCUT2D eigenvalue weighted by Gasteiger charge is -2.19. The largest absolute Gasteiger partial charge is 0.382 e. The minimum Gasteiger partial charge on any atom is -0.382 e. The lowest BCUT2D eigenvalue weighted by atomic mass is 10.2. The Balaban J connectivity index is 2.73. The van der Waals surface area contributed by atoms with Crippen molar-refractivity contribution in [3.8, 4) is 6.07 Å². The van der Waals surface area contributed by atoms with Gasteiger partial charge in [0.05, 0.1) is 22.0 Å². The molecule has 1 aromatic rings. The summed E-state index contributed by atoms with van der Waals surface area (Å²) in [5, 5.41) is 12.3. The molecule has 0 aromatic heterocycles. The van der Waals surface area contributed by atoms with Gasteiger partial charge in [-0.25, -0.2) is 12.7 Å². The van der Waals surface area contributed by atoms with Crippen LogP contribution in [0.1, 0.15) is 19.4 Å². The van der Waals surface area contributed by atoms with Gasteiger partial charge < -0.3 is 5.32 Å². The molecule has 0 amide bonds. The zero-order valence-corrected chi connectivity index (χ0v) is 13.1. The molecule has 20 heavy (non-hydrogen) atoms. The van der Waals surface area contributed by atoms with Gasteiger partial charge >= 0.3 is 0 Å². The SMILES string of the molecule is CCN(CC)S(=O)(=O)CCNc1c(Cl)cccc1C#N. The average molecular weight is 316 g/mol. The van der Waals surface area contributed by atoms with Crippen LogP contribution in [0.4, 0.5) is 5.69 Å². The van der Waals surface area contributed by atoms with E-state index in [1.54, 1.807) is 32.0 Å². The Hall–Kier alpha value is -1.29. The van der Waals surface area contributed by atoms with Crippen molar-refractivity contribution in [1.82, 2.24) is 4.31 Å². The van der Waals surface area contributed by atoms with E-state index in [2.05, 4.69) is 5.32 Å². The van der Waals surface area contributed by atoms with Crippen molar-refractivity contribution >= 4 is 27.3 Å². The highest BCUT2D eigenvalue weighted by molar-refractivity contribution is 7.89. The highest BCUT2D eigenvalue weighted by Gasteiger charge is 2.18. The van der Waals surface area contributed by atoms with Gasteiger partial charge in [-0.15, -0.1) is 0 Å². The third kappa shape index (κ3) is 4.10. The van der Waals surface area contributed by atoms with Crippen LogP contribution in [0.25, 0.3) is 0 Å². The predicted molar refractivity (Wildman–Crippen MR) is 81.4 cm³/mol. The van der Waals surface area contributed by atoms with Gasteiger partial charge in [0.25, 0.3) is 0 Å². The van der Waals surface area contributed by atoms with E-state index >= 15 is 0 Å². The molecular weight excluding hydrogens is 298 g/mol. The summed E-state index contributed by atoms with van der Waals surface area (Å²) in [5.74, 6) is -0.0369. The van der Waals surface area contributed by atoms with E-state index in [-0.39, 0.29) is 12.3 Å². The van der Waals surface area contributed by atoms with Gasteiger partial charge in [0.1, 0.15) is 6.07 Å². The van der Waals surface area contributed by atoms with Crippen LogP contribution < -0.4 is 5.32 Å². The van der Waals surface area contributed by atoms with Crippen molar-refractivity contribution in [3.05, 3.63) is 28.8 Å². The summed E-state index contributed by atoms with van der Waals surface area (Å²) in [6, 6.07) is 6.99. The molecule has 1 aromatic carbocycles. The third-order valence-corrected chi connectivity index (χ3v) is 5.23. The Kier molecular flexibility index (Phi) is 6.27. The first-order chi connectivity index (χ1) is 9.46. The number of sulfonamides is 1. The molecule has 0 unspecified atom stereocenters. The molecule has 0 aliphatic carbocycles. The number of benzene rings is 1. The molecule has 0 saturated carbocycles. The van der Waals surface area contributed by atoms with E-state index in [9.17, 15) is 8.42 Å². The van der Waals surface area contributed by atoms with E-state index in [0.717, 1.165) is 0 Å². The number of hydrogen-bond donors (Lipinski definition) is 1. The second kappa shape index (κ2) is 7.48. The minimum atomic E-state index is -3.28. The van der Waals surface area contributed by atoms with E-state index < -0.39 is 10.0 Å². The number of para-hydroxylation sites is 1. The molecule has 0 atom stereocenters. The quantitative estimate of drug-likeness (QED) is 0.838. The van der Waals surface area contributed by atoms with Crippen molar-refractivity contribution < 1.29 is 8.42 Å². The van der Waals surface area contributed by atoms with Gasteiger partial charge in [-0.1, -0.05) is 31.5 Å². The second-order valence-electron chi connectivity index (χ2n) is 4.10. The summed E-state index contributed by atoms with van der Waals surface area (Å²) >= 11 is 6.00. The van der Waals surface area contributed by atoms with E-state index in [4.69, 9.17) is 16.9 Å². The zero-order chi connectivity index (χ0) is 15.2. The molecule has 1 N–H and O–H groups in total. The maximum atomic E-state index is 12.0. The minimum absolute atomic E-state index is 0.0369. The lowest BCUT2D eigenvalue weighted by Crippen LogP contribution is -2.34. The number of hydrogen-bond acceptors (Lipinski definition) is 4. The highest BCUT2D eigenvalue weighted by atomic mass is 35.5. The molecule has 0 radical (unpaired) electrons. The van der Waals surface area contributed by atoms with Crippen molar-refractivity contribution in [2.75, 3.05) is 30.7 Å². The van der Waals surface area contributed by atoms with Gasteiger partial charge in [0.2, 0.25) is 10.0 Å². The number of halogens is 1. The maximum Gasteiger partial charge on any atom is 0.215 e. The van der Waals surface area contributed by atoms with Crippen LogP contribution in [0.15, 0.2) is 18.2 Å². The van der Waals surface area contributed by atoms with Crippen molar-refractivity contribution in [1.29, 1.82) is 5.26 Å². The number of anilines is 1. The molecule has 5 nitrogen and oxygen atoms in total. The molecule has 0 spiro atoms. The normalized spacial score (nSPS) is 11.3. The van der Waals surface area contributed by atoms with Crippen LogP contribution in [-0.2, 0) is 10.0 Å². The molecular formula is C13H18ClN3O2S. The number of nitrogens with zero attached hydrogens (tertiary/aromatic N) is 2. The van der Waals surface area contributed by atoms with Crippen LogP contribution >= 0.6 is 11.6 Å². The fourth-order valence-corrected chi connectivity index (χ4v) is 3.49. The molecule has 110 valence electrons. The summed E-state index contributed by atoms with van der Waals surface area (Å²) in [4.78, 5) is 0. The summed E-state index contributed by atoms with van der Waals surface area (Å²) < 4.78 is 25.4. The van der Waals surface area contributed by atoms with Crippen molar-refractivity contribution in [2.45, 2.75) is 13.8 Å². The fraction of sp³-hybridized carbons (Fsp3) is 0.462. The Labute approximate surface area is 125 Å². The standard InChI is InChI=1S/C13H18ClN3O2S/c1-3-17(4-2)20(18,19)9-8-16-13-11(10-15)6-5-7-12(13)14/h5-7,16H,3-4,8-9H2,1-2H3. The molecule has 0 aliphatic heterocycles. The topological polar surface area (TPSA) is 73.2 Å². The predicted octanol–water partition coefficient (Wildman–Crippen LogP) is 2.30. The maximum absolute atomic E-state index is 12.0. The Morgan fingerprint density at radius 3 is 2.55 bits per heavy atom.